The van der Waals surface area contributed by atoms with Crippen LogP contribution in [0.5, 0.6) is 11.5 Å². The third kappa shape index (κ3) is 3.07. The number of nitrogens with zero attached hydrogens (tertiary/aromatic N) is 2. The molecule has 2 heterocycles. The van der Waals surface area contributed by atoms with Crippen LogP contribution < -0.4 is 14.3 Å². The van der Waals surface area contributed by atoms with Crippen LogP contribution in [0, 0.1) is 0 Å². The van der Waals surface area contributed by atoms with Gasteiger partial charge in [0.2, 0.25) is 12.7 Å². The maximum atomic E-state index is 11.9. The number of rotatable bonds is 4. The molecule has 1 aliphatic heterocycles. The van der Waals surface area contributed by atoms with Crippen LogP contribution in [0.1, 0.15) is 20.3 Å². The summed E-state index contributed by atoms with van der Waals surface area (Å²) in [4.78, 5) is 28.1. The molecule has 0 spiro atoms. The lowest BCUT2D eigenvalue weighted by atomic mass is 10.3. The molecule has 2 aromatic rings. The molecular weight excluding hydrogens is 320 g/mol. The van der Waals surface area contributed by atoms with Gasteiger partial charge in [-0.15, -0.1) is 0 Å². The molecule has 7 nitrogen and oxygen atoms in total. The maximum absolute atomic E-state index is 11.9. The zero-order valence-corrected chi connectivity index (χ0v) is 13.6. The molecule has 1 aromatic carbocycles. The lowest BCUT2D eigenvalue weighted by molar-refractivity contribution is -0.143. The molecule has 0 saturated heterocycles. The van der Waals surface area contributed by atoms with E-state index in [2.05, 4.69) is 4.99 Å². The molecule has 0 radical (unpaired) electrons. The highest BCUT2D eigenvalue weighted by molar-refractivity contribution is 7.16. The highest BCUT2D eigenvalue weighted by Crippen LogP contribution is 2.36. The number of carbonyl (C=O) groups is 2. The van der Waals surface area contributed by atoms with Gasteiger partial charge in [-0.25, -0.2) is 0 Å². The molecule has 0 aliphatic carbocycles. The van der Waals surface area contributed by atoms with E-state index in [-0.39, 0.29) is 25.2 Å². The van der Waals surface area contributed by atoms with E-state index in [0.717, 1.165) is 10.2 Å². The van der Waals surface area contributed by atoms with Crippen molar-refractivity contribution in [2.24, 2.45) is 4.99 Å². The molecular formula is C15H16N2O5S. The molecule has 0 bridgehead atoms. The number of fused-ring (bicyclic) bond motifs is 2. The summed E-state index contributed by atoms with van der Waals surface area (Å²) in [6.07, 6.45) is 0.302. The zero-order valence-electron chi connectivity index (χ0n) is 12.8. The van der Waals surface area contributed by atoms with Crippen LogP contribution in [0.3, 0.4) is 0 Å². The van der Waals surface area contributed by atoms with Gasteiger partial charge in [-0.2, -0.15) is 4.99 Å². The van der Waals surface area contributed by atoms with Crippen molar-refractivity contribution in [3.8, 4) is 11.5 Å². The molecule has 122 valence electrons. The number of carbonyl (C=O) groups excluding carboxylic acids is 2. The van der Waals surface area contributed by atoms with E-state index < -0.39 is 0 Å². The summed E-state index contributed by atoms with van der Waals surface area (Å²) >= 11 is 1.33. The summed E-state index contributed by atoms with van der Waals surface area (Å²) in [6.45, 7) is 3.96. The number of ether oxygens (including phenoxy) is 3. The van der Waals surface area contributed by atoms with Crippen LogP contribution in [0.4, 0.5) is 0 Å². The first-order chi connectivity index (χ1) is 11.1. The van der Waals surface area contributed by atoms with Gasteiger partial charge < -0.3 is 18.8 Å². The molecule has 0 unspecified atom stereocenters. The topological polar surface area (TPSA) is 79.1 Å². The molecule has 0 saturated carbocycles. The third-order valence-corrected chi connectivity index (χ3v) is 4.33. The second-order valence-corrected chi connectivity index (χ2v) is 5.82. The SMILES string of the molecule is CCOC(=O)Cn1c(=NC(=O)CC)sc2cc3c(cc21)OCO3. The minimum atomic E-state index is -0.379. The van der Waals surface area contributed by atoms with Crippen LogP contribution in [0.25, 0.3) is 10.2 Å². The van der Waals surface area contributed by atoms with E-state index >= 15 is 0 Å². The lowest BCUT2D eigenvalue weighted by Crippen LogP contribution is -2.23. The second-order valence-electron chi connectivity index (χ2n) is 4.81. The van der Waals surface area contributed by atoms with E-state index in [1.807, 2.05) is 6.07 Å². The summed E-state index contributed by atoms with van der Waals surface area (Å²) in [5, 5.41) is 0. The van der Waals surface area contributed by atoms with Crippen LogP contribution in [0.2, 0.25) is 0 Å². The summed E-state index contributed by atoms with van der Waals surface area (Å²) in [5.41, 5.74) is 0.759. The number of hydrogen-bond donors (Lipinski definition) is 0. The Kier molecular flexibility index (Phi) is 4.33. The molecule has 23 heavy (non-hydrogen) atoms. The number of hydrogen-bond acceptors (Lipinski definition) is 6. The fourth-order valence-electron chi connectivity index (χ4n) is 2.22. The zero-order chi connectivity index (χ0) is 16.4. The Morgan fingerprint density at radius 1 is 1.30 bits per heavy atom. The van der Waals surface area contributed by atoms with Gasteiger partial charge in [-0.1, -0.05) is 18.3 Å². The molecule has 0 N–H and O–H groups in total. The fourth-order valence-corrected chi connectivity index (χ4v) is 3.28. The normalized spacial score (nSPS) is 13.6. The van der Waals surface area contributed by atoms with Gasteiger partial charge in [0, 0.05) is 18.6 Å². The van der Waals surface area contributed by atoms with Gasteiger partial charge in [0.05, 0.1) is 16.8 Å². The standard InChI is InChI=1S/C15H16N2O5S/c1-3-13(18)16-15-17(7-14(19)20-4-2)9-5-10-11(22-8-21-10)6-12(9)23-15/h5-6H,3-4,7-8H2,1-2H3. The van der Waals surface area contributed by atoms with Crippen LogP contribution in [0.15, 0.2) is 17.1 Å². The maximum Gasteiger partial charge on any atom is 0.326 e. The summed E-state index contributed by atoms with van der Waals surface area (Å²) < 4.78 is 18.3. The molecule has 3 rings (SSSR count). The molecule has 1 aromatic heterocycles. The highest BCUT2D eigenvalue weighted by Gasteiger charge is 2.19. The van der Waals surface area contributed by atoms with Crippen molar-refractivity contribution in [1.29, 1.82) is 0 Å². The molecule has 0 fully saturated rings. The monoisotopic (exact) mass is 336 g/mol. The van der Waals surface area contributed by atoms with Gasteiger partial charge in [-0.3, -0.25) is 9.59 Å². The van der Waals surface area contributed by atoms with Crippen LogP contribution in [-0.2, 0) is 20.9 Å². The first kappa shape index (κ1) is 15.5. The predicted molar refractivity (Wildman–Crippen MR) is 83.4 cm³/mol. The van der Waals surface area contributed by atoms with Crippen molar-refractivity contribution in [2.75, 3.05) is 13.4 Å². The van der Waals surface area contributed by atoms with E-state index in [4.69, 9.17) is 14.2 Å². The molecule has 1 amide bonds. The Balaban J connectivity index is 2.15. The quantitative estimate of drug-likeness (QED) is 0.796. The Labute approximate surface area is 136 Å². The number of thiazole rings is 1. The Morgan fingerprint density at radius 2 is 2.04 bits per heavy atom. The number of aromatic nitrogens is 1. The van der Waals surface area contributed by atoms with E-state index in [1.165, 1.54) is 11.3 Å². The Hall–Kier alpha value is -2.35. The van der Waals surface area contributed by atoms with Crippen molar-refractivity contribution in [2.45, 2.75) is 26.8 Å². The predicted octanol–water partition coefficient (Wildman–Crippen LogP) is 1.83. The molecule has 8 heteroatoms. The number of amides is 1. The highest BCUT2D eigenvalue weighted by atomic mass is 32.1. The van der Waals surface area contributed by atoms with E-state index in [1.54, 1.807) is 24.5 Å². The van der Waals surface area contributed by atoms with E-state index in [0.29, 0.717) is 29.3 Å². The summed E-state index contributed by atoms with van der Waals surface area (Å²) in [7, 11) is 0. The van der Waals surface area contributed by atoms with Crippen molar-refractivity contribution in [3.63, 3.8) is 0 Å². The number of benzene rings is 1. The van der Waals surface area contributed by atoms with Crippen LogP contribution in [-0.4, -0.2) is 29.8 Å². The molecule has 0 atom stereocenters. The largest absolute Gasteiger partial charge is 0.465 e. The van der Waals surface area contributed by atoms with Crippen molar-refractivity contribution in [3.05, 3.63) is 16.9 Å². The van der Waals surface area contributed by atoms with Gasteiger partial charge in [0.25, 0.3) is 0 Å². The van der Waals surface area contributed by atoms with Gasteiger partial charge in [0.1, 0.15) is 6.54 Å². The smallest absolute Gasteiger partial charge is 0.326 e. The summed E-state index contributed by atoms with van der Waals surface area (Å²) in [5.74, 6) is 0.640. The van der Waals surface area contributed by atoms with Gasteiger partial charge in [0.15, 0.2) is 16.3 Å². The third-order valence-electron chi connectivity index (χ3n) is 3.29. The van der Waals surface area contributed by atoms with Gasteiger partial charge in [-0.05, 0) is 6.92 Å². The number of esters is 1. The molecule has 1 aliphatic rings. The average Bonchev–Trinajstić information content (AvgIpc) is 3.10. The van der Waals surface area contributed by atoms with E-state index in [9.17, 15) is 9.59 Å². The minimum absolute atomic E-state index is 0.0106. The minimum Gasteiger partial charge on any atom is -0.465 e. The lowest BCUT2D eigenvalue weighted by Gasteiger charge is -2.05. The average molecular weight is 336 g/mol. The van der Waals surface area contributed by atoms with Gasteiger partial charge >= 0.3 is 5.97 Å². The van der Waals surface area contributed by atoms with Crippen molar-refractivity contribution >= 4 is 33.4 Å². The Morgan fingerprint density at radius 3 is 2.74 bits per heavy atom. The fraction of sp³-hybridized carbons (Fsp3) is 0.400. The summed E-state index contributed by atoms with van der Waals surface area (Å²) in [6, 6.07) is 3.63. The first-order valence-corrected chi connectivity index (χ1v) is 8.10. The van der Waals surface area contributed by atoms with Crippen LogP contribution >= 0.6 is 11.3 Å². The van der Waals surface area contributed by atoms with Crippen molar-refractivity contribution in [1.82, 2.24) is 4.57 Å². The van der Waals surface area contributed by atoms with Crippen molar-refractivity contribution < 1.29 is 23.8 Å². The first-order valence-electron chi connectivity index (χ1n) is 7.28. The Bertz CT molecular complexity index is 836. The second kappa shape index (κ2) is 6.41.